The Labute approximate surface area is 162 Å². The lowest BCUT2D eigenvalue weighted by molar-refractivity contribution is 0.0526. The predicted molar refractivity (Wildman–Crippen MR) is 106 cm³/mol. The molecule has 2 N–H and O–H groups in total. The highest BCUT2D eigenvalue weighted by Gasteiger charge is 2.11. The van der Waals surface area contributed by atoms with Gasteiger partial charge in [-0.3, -0.25) is 4.79 Å². The highest BCUT2D eigenvalue weighted by molar-refractivity contribution is 6.03. The van der Waals surface area contributed by atoms with E-state index in [4.69, 9.17) is 4.74 Å². The second-order valence-corrected chi connectivity index (χ2v) is 5.86. The van der Waals surface area contributed by atoms with E-state index >= 15 is 0 Å². The van der Waals surface area contributed by atoms with Crippen molar-refractivity contribution >= 4 is 23.5 Å². The number of anilines is 2. The Morgan fingerprint density at radius 3 is 2.46 bits per heavy atom. The van der Waals surface area contributed by atoms with Crippen LogP contribution in [-0.4, -0.2) is 28.5 Å². The molecule has 0 atom stereocenters. The smallest absolute Gasteiger partial charge is 0.338 e. The average molecular weight is 376 g/mol. The van der Waals surface area contributed by atoms with E-state index in [1.807, 2.05) is 30.3 Å². The molecule has 7 nitrogen and oxygen atoms in total. The zero-order chi connectivity index (χ0) is 19.8. The van der Waals surface area contributed by atoms with Crippen molar-refractivity contribution in [3.63, 3.8) is 0 Å². The summed E-state index contributed by atoms with van der Waals surface area (Å²) >= 11 is 0. The van der Waals surface area contributed by atoms with Crippen LogP contribution < -0.4 is 10.6 Å². The fourth-order valence-corrected chi connectivity index (χ4v) is 2.45. The normalized spacial score (nSPS) is 10.2. The van der Waals surface area contributed by atoms with Crippen LogP contribution in [-0.2, 0) is 11.3 Å². The third kappa shape index (κ3) is 5.14. The fraction of sp³-hybridized carbons (Fsp3) is 0.143. The Kier molecular flexibility index (Phi) is 6.30. The van der Waals surface area contributed by atoms with Gasteiger partial charge in [-0.1, -0.05) is 30.3 Å². The molecule has 0 aliphatic heterocycles. The van der Waals surface area contributed by atoms with E-state index < -0.39 is 5.97 Å². The zero-order valence-corrected chi connectivity index (χ0v) is 15.4. The minimum Gasteiger partial charge on any atom is -0.462 e. The summed E-state index contributed by atoms with van der Waals surface area (Å²) in [5.74, 6) is -0.395. The largest absolute Gasteiger partial charge is 0.462 e. The van der Waals surface area contributed by atoms with Crippen molar-refractivity contribution in [2.45, 2.75) is 13.5 Å². The average Bonchev–Trinajstić information content (AvgIpc) is 2.74. The maximum Gasteiger partial charge on any atom is 0.338 e. The number of hydrogen-bond acceptors (Lipinski definition) is 6. The first-order valence-electron chi connectivity index (χ1n) is 8.85. The Bertz CT molecular complexity index is 943. The number of benzene rings is 2. The van der Waals surface area contributed by atoms with Crippen LogP contribution in [0, 0.1) is 0 Å². The number of ether oxygens (including phenoxy) is 1. The minimum absolute atomic E-state index is 0.236. The molecule has 28 heavy (non-hydrogen) atoms. The molecule has 1 amide bonds. The molecule has 0 aliphatic rings. The van der Waals surface area contributed by atoms with Gasteiger partial charge in [-0.05, 0) is 42.8 Å². The molecule has 0 saturated heterocycles. The van der Waals surface area contributed by atoms with Gasteiger partial charge in [0.05, 0.1) is 12.2 Å². The van der Waals surface area contributed by atoms with Gasteiger partial charge < -0.3 is 15.4 Å². The van der Waals surface area contributed by atoms with Gasteiger partial charge in [-0.15, -0.1) is 0 Å². The van der Waals surface area contributed by atoms with Gasteiger partial charge in [0.25, 0.3) is 5.91 Å². The number of carbonyl (C=O) groups is 2. The van der Waals surface area contributed by atoms with Crippen LogP contribution in [0.4, 0.5) is 11.6 Å². The molecular weight excluding hydrogens is 356 g/mol. The zero-order valence-electron chi connectivity index (χ0n) is 15.4. The number of carbonyl (C=O) groups excluding carboxylic acids is 2. The van der Waals surface area contributed by atoms with Crippen LogP contribution in [0.2, 0.25) is 0 Å². The summed E-state index contributed by atoms with van der Waals surface area (Å²) in [5.41, 5.74) is 2.30. The molecule has 0 spiro atoms. The van der Waals surface area contributed by atoms with Crippen LogP contribution in [0.25, 0.3) is 0 Å². The van der Waals surface area contributed by atoms with Crippen molar-refractivity contribution in [2.24, 2.45) is 0 Å². The summed E-state index contributed by atoms with van der Waals surface area (Å²) in [6.45, 7) is 2.62. The molecule has 3 aromatic rings. The van der Waals surface area contributed by atoms with E-state index in [9.17, 15) is 9.59 Å². The molecule has 3 rings (SSSR count). The number of hydrogen-bond donors (Lipinski definition) is 2. The van der Waals surface area contributed by atoms with Gasteiger partial charge in [0, 0.05) is 18.4 Å². The summed E-state index contributed by atoms with van der Waals surface area (Å²) in [7, 11) is 0. The van der Waals surface area contributed by atoms with Gasteiger partial charge >= 0.3 is 5.97 Å². The SMILES string of the molecule is CCOC(=O)c1ccc(NC(=O)c2ccnc(NCc3ccccc3)n2)cc1. The lowest BCUT2D eigenvalue weighted by Crippen LogP contribution is -2.15. The number of nitrogens with one attached hydrogen (secondary N) is 2. The maximum absolute atomic E-state index is 12.4. The van der Waals surface area contributed by atoms with Gasteiger partial charge in [0.1, 0.15) is 5.69 Å². The minimum atomic E-state index is -0.398. The van der Waals surface area contributed by atoms with E-state index in [0.29, 0.717) is 30.4 Å². The van der Waals surface area contributed by atoms with E-state index in [-0.39, 0.29) is 11.6 Å². The molecule has 0 saturated carbocycles. The second kappa shape index (κ2) is 9.27. The molecule has 7 heteroatoms. The molecule has 1 heterocycles. The molecule has 0 unspecified atom stereocenters. The number of nitrogens with zero attached hydrogens (tertiary/aromatic N) is 2. The van der Waals surface area contributed by atoms with Crippen LogP contribution >= 0.6 is 0 Å². The van der Waals surface area contributed by atoms with Crippen molar-refractivity contribution in [3.05, 3.63) is 83.7 Å². The number of amides is 1. The molecule has 0 fully saturated rings. The quantitative estimate of drug-likeness (QED) is 0.613. The Balaban J connectivity index is 1.62. The first kappa shape index (κ1) is 19.0. The predicted octanol–water partition coefficient (Wildman–Crippen LogP) is 3.52. The Hall–Kier alpha value is -3.74. The lowest BCUT2D eigenvalue weighted by atomic mass is 10.2. The standard InChI is InChI=1S/C21H20N4O3/c1-2-28-20(27)16-8-10-17(11-9-16)24-19(26)18-12-13-22-21(25-18)23-14-15-6-4-3-5-7-15/h3-13H,2,14H2,1H3,(H,24,26)(H,22,23,25). The molecule has 0 bridgehead atoms. The van der Waals surface area contributed by atoms with Crippen molar-refractivity contribution in [2.75, 3.05) is 17.2 Å². The summed E-state index contributed by atoms with van der Waals surface area (Å²) in [5, 5.41) is 5.85. The first-order chi connectivity index (χ1) is 13.7. The topological polar surface area (TPSA) is 93.2 Å². The highest BCUT2D eigenvalue weighted by atomic mass is 16.5. The summed E-state index contributed by atoms with van der Waals surface area (Å²) in [6.07, 6.45) is 1.53. The van der Waals surface area contributed by atoms with E-state index in [2.05, 4.69) is 20.6 Å². The highest BCUT2D eigenvalue weighted by Crippen LogP contribution is 2.12. The van der Waals surface area contributed by atoms with E-state index in [1.165, 1.54) is 12.3 Å². The summed E-state index contributed by atoms with van der Waals surface area (Å²) < 4.78 is 4.94. The summed E-state index contributed by atoms with van der Waals surface area (Å²) in [6, 6.07) is 17.8. The summed E-state index contributed by atoms with van der Waals surface area (Å²) in [4.78, 5) is 32.5. The van der Waals surface area contributed by atoms with Gasteiger partial charge in [0.2, 0.25) is 5.95 Å². The van der Waals surface area contributed by atoms with Crippen molar-refractivity contribution in [1.29, 1.82) is 0 Å². The second-order valence-electron chi connectivity index (χ2n) is 5.86. The Morgan fingerprint density at radius 1 is 1.00 bits per heavy atom. The van der Waals surface area contributed by atoms with Gasteiger partial charge in [0.15, 0.2) is 0 Å². The van der Waals surface area contributed by atoms with Crippen LogP contribution in [0.5, 0.6) is 0 Å². The molecule has 0 aliphatic carbocycles. The monoisotopic (exact) mass is 376 g/mol. The van der Waals surface area contributed by atoms with Gasteiger partial charge in [-0.25, -0.2) is 14.8 Å². The van der Waals surface area contributed by atoms with Crippen LogP contribution in [0.1, 0.15) is 33.3 Å². The van der Waals surface area contributed by atoms with Crippen LogP contribution in [0.15, 0.2) is 66.9 Å². The third-order valence-corrected chi connectivity index (χ3v) is 3.84. The van der Waals surface area contributed by atoms with E-state index in [1.54, 1.807) is 31.2 Å². The number of esters is 1. The van der Waals surface area contributed by atoms with Crippen molar-refractivity contribution in [1.82, 2.24) is 9.97 Å². The molecule has 142 valence electrons. The lowest BCUT2D eigenvalue weighted by Gasteiger charge is -2.08. The molecule has 2 aromatic carbocycles. The van der Waals surface area contributed by atoms with Crippen LogP contribution in [0.3, 0.4) is 0 Å². The third-order valence-electron chi connectivity index (χ3n) is 3.84. The molecule has 0 radical (unpaired) electrons. The number of aromatic nitrogens is 2. The Morgan fingerprint density at radius 2 is 1.75 bits per heavy atom. The number of rotatable bonds is 7. The molecular formula is C21H20N4O3. The maximum atomic E-state index is 12.4. The molecule has 1 aromatic heterocycles. The van der Waals surface area contributed by atoms with E-state index in [0.717, 1.165) is 5.56 Å². The first-order valence-corrected chi connectivity index (χ1v) is 8.85. The van der Waals surface area contributed by atoms with Crippen molar-refractivity contribution in [3.8, 4) is 0 Å². The fourth-order valence-electron chi connectivity index (χ4n) is 2.45. The van der Waals surface area contributed by atoms with Crippen molar-refractivity contribution < 1.29 is 14.3 Å². The van der Waals surface area contributed by atoms with Gasteiger partial charge in [-0.2, -0.15) is 0 Å².